The molecule has 0 spiro atoms. The highest BCUT2D eigenvalue weighted by Gasteiger charge is 2.31. The van der Waals surface area contributed by atoms with Crippen molar-refractivity contribution in [1.29, 1.82) is 0 Å². The molecule has 1 saturated carbocycles. The molecule has 72 valence electrons. The molecule has 1 aliphatic heterocycles. The van der Waals surface area contributed by atoms with Gasteiger partial charge in [-0.2, -0.15) is 5.10 Å². The normalized spacial score (nSPS) is 33.6. The molecule has 2 fully saturated rings. The zero-order valence-corrected chi connectivity index (χ0v) is 7.86. The lowest BCUT2D eigenvalue weighted by Gasteiger charge is -2.22. The van der Waals surface area contributed by atoms with Crippen molar-refractivity contribution in [3.05, 3.63) is 0 Å². The van der Waals surface area contributed by atoms with Crippen LogP contribution in [0.2, 0.25) is 0 Å². The van der Waals surface area contributed by atoms with E-state index in [1.165, 1.54) is 11.4 Å². The standard InChI is InChI=1S/C9H15N3O/c1-7-5-8(7)6-11-12-4-2-3-10-9(12)13/h6-8H,2-5H2,1H3,(H,10,13)/b11-6+. The Morgan fingerprint density at radius 1 is 1.69 bits per heavy atom. The van der Waals surface area contributed by atoms with E-state index in [0.717, 1.165) is 25.4 Å². The first-order chi connectivity index (χ1) is 6.27. The molecule has 13 heavy (non-hydrogen) atoms. The molecular weight excluding hydrogens is 166 g/mol. The number of hydrazone groups is 1. The van der Waals surface area contributed by atoms with E-state index in [2.05, 4.69) is 17.3 Å². The molecule has 1 aliphatic carbocycles. The minimum absolute atomic E-state index is 0.0594. The highest BCUT2D eigenvalue weighted by Crippen LogP contribution is 2.35. The molecule has 0 aromatic heterocycles. The van der Waals surface area contributed by atoms with Gasteiger partial charge in [0.15, 0.2) is 0 Å². The maximum Gasteiger partial charge on any atom is 0.337 e. The van der Waals surface area contributed by atoms with Gasteiger partial charge in [0.2, 0.25) is 0 Å². The first-order valence-electron chi connectivity index (χ1n) is 4.87. The maximum atomic E-state index is 11.2. The van der Waals surface area contributed by atoms with E-state index in [0.29, 0.717) is 5.92 Å². The zero-order chi connectivity index (χ0) is 9.26. The number of nitrogens with zero attached hydrogens (tertiary/aromatic N) is 2. The largest absolute Gasteiger partial charge is 0.337 e. The third-order valence-electron chi connectivity index (χ3n) is 2.63. The fraction of sp³-hybridized carbons (Fsp3) is 0.778. The molecular formula is C9H15N3O. The number of hydrogen-bond donors (Lipinski definition) is 1. The summed E-state index contributed by atoms with van der Waals surface area (Å²) in [6.45, 7) is 3.74. The molecule has 2 rings (SSSR count). The predicted molar refractivity (Wildman–Crippen MR) is 50.5 cm³/mol. The summed E-state index contributed by atoms with van der Waals surface area (Å²) in [7, 11) is 0. The Morgan fingerprint density at radius 3 is 3.08 bits per heavy atom. The fourth-order valence-corrected chi connectivity index (χ4v) is 1.45. The second kappa shape index (κ2) is 3.36. The zero-order valence-electron chi connectivity index (χ0n) is 7.86. The Kier molecular flexibility index (Phi) is 2.20. The molecule has 0 aromatic rings. The van der Waals surface area contributed by atoms with Crippen LogP contribution < -0.4 is 5.32 Å². The van der Waals surface area contributed by atoms with Gasteiger partial charge < -0.3 is 5.32 Å². The Hall–Kier alpha value is -1.06. The third-order valence-corrected chi connectivity index (χ3v) is 2.63. The molecule has 1 saturated heterocycles. The number of amides is 2. The summed E-state index contributed by atoms with van der Waals surface area (Å²) in [5.41, 5.74) is 0. The van der Waals surface area contributed by atoms with Crippen molar-refractivity contribution in [3.63, 3.8) is 0 Å². The van der Waals surface area contributed by atoms with Crippen molar-refractivity contribution >= 4 is 12.2 Å². The van der Waals surface area contributed by atoms with Crippen molar-refractivity contribution in [1.82, 2.24) is 10.3 Å². The molecule has 2 atom stereocenters. The minimum Gasteiger partial charge on any atom is -0.336 e. The minimum atomic E-state index is -0.0594. The summed E-state index contributed by atoms with van der Waals surface area (Å²) in [5.74, 6) is 1.37. The smallest absolute Gasteiger partial charge is 0.336 e. The van der Waals surface area contributed by atoms with Crippen LogP contribution in [0.5, 0.6) is 0 Å². The molecule has 1 N–H and O–H groups in total. The van der Waals surface area contributed by atoms with E-state index in [4.69, 9.17) is 0 Å². The first kappa shape index (κ1) is 8.53. The van der Waals surface area contributed by atoms with Crippen LogP contribution in [0.4, 0.5) is 4.79 Å². The number of hydrogen-bond acceptors (Lipinski definition) is 2. The van der Waals surface area contributed by atoms with Crippen LogP contribution in [0.25, 0.3) is 0 Å². The van der Waals surface area contributed by atoms with Crippen molar-refractivity contribution in [2.45, 2.75) is 19.8 Å². The Labute approximate surface area is 78.0 Å². The summed E-state index contributed by atoms with van der Waals surface area (Å²) in [6, 6.07) is -0.0594. The van der Waals surface area contributed by atoms with Gasteiger partial charge in [-0.3, -0.25) is 0 Å². The summed E-state index contributed by atoms with van der Waals surface area (Å²) in [6.07, 6.45) is 4.12. The fourth-order valence-electron chi connectivity index (χ4n) is 1.45. The summed E-state index contributed by atoms with van der Waals surface area (Å²) < 4.78 is 0. The van der Waals surface area contributed by atoms with Gasteiger partial charge in [-0.05, 0) is 24.7 Å². The van der Waals surface area contributed by atoms with Crippen LogP contribution in [0.3, 0.4) is 0 Å². The van der Waals surface area contributed by atoms with Gasteiger partial charge in [0.05, 0.1) is 0 Å². The monoisotopic (exact) mass is 181 g/mol. The van der Waals surface area contributed by atoms with E-state index in [9.17, 15) is 4.79 Å². The average Bonchev–Trinajstić information content (AvgIpc) is 2.81. The van der Waals surface area contributed by atoms with Gasteiger partial charge in [-0.15, -0.1) is 0 Å². The second-order valence-electron chi connectivity index (χ2n) is 3.85. The average molecular weight is 181 g/mol. The number of carbonyl (C=O) groups is 1. The molecule has 0 radical (unpaired) electrons. The molecule has 2 aliphatic rings. The summed E-state index contributed by atoms with van der Waals surface area (Å²) >= 11 is 0. The number of carbonyl (C=O) groups excluding carboxylic acids is 1. The van der Waals surface area contributed by atoms with E-state index in [1.807, 2.05) is 6.21 Å². The van der Waals surface area contributed by atoms with E-state index >= 15 is 0 Å². The first-order valence-corrected chi connectivity index (χ1v) is 4.87. The lowest BCUT2D eigenvalue weighted by Crippen LogP contribution is -2.43. The Bertz CT molecular complexity index is 239. The van der Waals surface area contributed by atoms with Crippen LogP contribution in [0.15, 0.2) is 5.10 Å². The highest BCUT2D eigenvalue weighted by atomic mass is 16.2. The molecule has 0 aromatic carbocycles. The number of rotatable bonds is 2. The van der Waals surface area contributed by atoms with E-state index in [1.54, 1.807) is 0 Å². The maximum absolute atomic E-state index is 11.2. The summed E-state index contributed by atoms with van der Waals surface area (Å²) in [5, 5.41) is 8.46. The van der Waals surface area contributed by atoms with Crippen LogP contribution >= 0.6 is 0 Å². The lowest BCUT2D eigenvalue weighted by molar-refractivity contribution is 0.189. The van der Waals surface area contributed by atoms with Crippen molar-refractivity contribution in [3.8, 4) is 0 Å². The predicted octanol–water partition coefficient (Wildman–Crippen LogP) is 1.04. The molecule has 1 heterocycles. The van der Waals surface area contributed by atoms with Crippen LogP contribution in [0.1, 0.15) is 19.8 Å². The van der Waals surface area contributed by atoms with E-state index < -0.39 is 0 Å². The lowest BCUT2D eigenvalue weighted by atomic mass is 10.3. The molecule has 4 nitrogen and oxygen atoms in total. The van der Waals surface area contributed by atoms with Crippen molar-refractivity contribution in [2.75, 3.05) is 13.1 Å². The molecule has 4 heteroatoms. The van der Waals surface area contributed by atoms with Gasteiger partial charge >= 0.3 is 6.03 Å². The van der Waals surface area contributed by atoms with Gasteiger partial charge in [-0.1, -0.05) is 6.92 Å². The van der Waals surface area contributed by atoms with E-state index in [-0.39, 0.29) is 6.03 Å². The third kappa shape index (κ3) is 1.99. The highest BCUT2D eigenvalue weighted by molar-refractivity contribution is 5.76. The van der Waals surface area contributed by atoms with Gasteiger partial charge in [0.25, 0.3) is 0 Å². The van der Waals surface area contributed by atoms with Crippen molar-refractivity contribution in [2.24, 2.45) is 16.9 Å². The van der Waals surface area contributed by atoms with Crippen LogP contribution in [-0.4, -0.2) is 30.3 Å². The quantitative estimate of drug-likeness (QED) is 0.636. The van der Waals surface area contributed by atoms with Gasteiger partial charge in [-0.25, -0.2) is 9.80 Å². The second-order valence-corrected chi connectivity index (χ2v) is 3.85. The number of urea groups is 1. The Morgan fingerprint density at radius 2 is 2.46 bits per heavy atom. The summed E-state index contributed by atoms with van der Waals surface area (Å²) in [4.78, 5) is 11.2. The van der Waals surface area contributed by atoms with Crippen LogP contribution in [-0.2, 0) is 0 Å². The van der Waals surface area contributed by atoms with Gasteiger partial charge in [0, 0.05) is 19.3 Å². The molecule has 0 bridgehead atoms. The SMILES string of the molecule is CC1CC1/C=N/N1CCCNC1=O. The Balaban J connectivity index is 1.85. The molecule has 2 amide bonds. The molecule has 2 unspecified atom stereocenters. The number of nitrogens with one attached hydrogen (secondary N) is 1. The van der Waals surface area contributed by atoms with Gasteiger partial charge in [0.1, 0.15) is 0 Å². The van der Waals surface area contributed by atoms with Crippen molar-refractivity contribution < 1.29 is 4.79 Å². The topological polar surface area (TPSA) is 44.7 Å². The van der Waals surface area contributed by atoms with Crippen LogP contribution in [0, 0.1) is 11.8 Å².